The molecule has 0 bridgehead atoms. The second-order valence-electron chi connectivity index (χ2n) is 42.9. The van der Waals surface area contributed by atoms with Crippen LogP contribution in [0.15, 0.2) is 24.3 Å². The Balaban J connectivity index is 3.74. The van der Waals surface area contributed by atoms with Crippen LogP contribution >= 0.6 is 34.3 Å². The Morgan fingerprint density at radius 2 is 0.470 bits per heavy atom. The van der Waals surface area contributed by atoms with E-state index in [2.05, 4.69) is 371 Å². The van der Waals surface area contributed by atoms with Gasteiger partial charge in [0.2, 0.25) is 0 Å². The van der Waals surface area contributed by atoms with Crippen LogP contribution in [0.2, 0.25) is 295 Å². The first-order valence-electron chi connectivity index (χ1n) is 32.8. The van der Waals surface area contributed by atoms with Crippen LogP contribution in [0.4, 0.5) is 0 Å². The summed E-state index contributed by atoms with van der Waals surface area (Å²) in [5, 5.41) is 2.04. The van der Waals surface area contributed by atoms with E-state index in [9.17, 15) is 0 Å². The molecule has 0 atom stereocenters. The average molecular weight is 1660 g/mol. The van der Waals surface area contributed by atoms with E-state index < -0.39 is 139 Å². The molecule has 1 saturated heterocycles. The van der Waals surface area contributed by atoms with Gasteiger partial charge < -0.3 is 0 Å². The Morgan fingerprint density at radius 1 is 0.265 bits per heavy atom. The van der Waals surface area contributed by atoms with E-state index in [0.29, 0.717) is 15.5 Å². The van der Waals surface area contributed by atoms with E-state index in [1.54, 1.807) is 0 Å². The molecule has 2 aromatic carbocycles. The molecule has 1 fully saturated rings. The van der Waals surface area contributed by atoms with Gasteiger partial charge in [0.15, 0.2) is 0 Å². The van der Waals surface area contributed by atoms with Crippen molar-refractivity contribution in [1.29, 1.82) is 0 Å². The van der Waals surface area contributed by atoms with E-state index in [-0.39, 0.29) is 12.9 Å². The standard InChI is InChI=1S/C36H83Si9.C27H59Si6.Pb.H2S4/c1-37(2,3)34(38(4,5)6,39(7,8)9)31-28-32(35(40(10,11)12,41(13,14)15)42(16,17)18)30-33(29-31)36(43(19,20)21,44(22,23)24)45(25,26)27;1-28(2,3)25(29(4,5)6)22-19-23(26(30(7,8)9)31(10,11)12)21-24(20-22)27(32(13,14)15)33(16,17)18;;1-3-4-2/h28-29H,1-27H3;19-20,25-27H,1-18H3;;1-2H/q;;+2;/p-2. The van der Waals surface area contributed by atoms with Crippen LogP contribution in [0.1, 0.15) is 48.9 Å². The van der Waals surface area contributed by atoms with Crippen LogP contribution < -0.4 is 6.25 Å². The fraction of sp³-hybridized carbons (Fsp3) is 0.810. The monoisotopic (exact) mass is 1650 g/mol. The van der Waals surface area contributed by atoms with Crippen LogP contribution in [0, 0.1) is 0 Å². The molecule has 1 heterocycles. The molecule has 1 aliphatic rings. The summed E-state index contributed by atoms with van der Waals surface area (Å²) in [5.41, 5.74) is 11.8. The summed E-state index contributed by atoms with van der Waals surface area (Å²) in [6.45, 7) is 130. The third-order valence-electron chi connectivity index (χ3n) is 20.9. The van der Waals surface area contributed by atoms with Crippen molar-refractivity contribution in [2.24, 2.45) is 0 Å². The Bertz CT molecular complexity index is 2360. The normalized spacial score (nSPS) is 17.4. The fourth-order valence-corrected chi connectivity index (χ4v) is 255. The number of benzene rings is 2. The molecular formula is C63H142PbS4Si15. The SMILES string of the molecule is C[Si](C)(C)C(c1cc(C([Si](C)(C)C)[Si](C)(C)C)[c]([Pb]2([c]3c(C([Si](C)(C)C)([Si](C)(C)C)[Si](C)(C)C)cc(C([Si](C)(C)C)([Si](C)(C)C)[Si](C)(C)C)cc3C([Si](C)(C)C)([Si](C)(C)C)[Si](C)(C)C)[S]SS[S]2)c(C([Si](C)(C)C)[Si](C)(C)C)c1)[Si](C)(C)C. The molecule has 0 radical (unpaired) electrons. The van der Waals surface area contributed by atoms with Crippen molar-refractivity contribution >= 4 is 180 Å². The maximum absolute atomic E-state index is 4.65. The first kappa shape index (κ1) is 81.2. The quantitative estimate of drug-likeness (QED) is 0.0803. The topological polar surface area (TPSA) is 0 Å². The molecule has 2 aromatic rings. The molecule has 20 heteroatoms. The summed E-state index contributed by atoms with van der Waals surface area (Å²) in [5.74, 6) is 0. The van der Waals surface area contributed by atoms with Crippen molar-refractivity contribution in [3.8, 4) is 0 Å². The number of hydrogen-bond acceptors (Lipinski definition) is 4. The molecule has 0 N–H and O–H groups in total. The third-order valence-corrected chi connectivity index (χ3v) is 176. The van der Waals surface area contributed by atoms with Gasteiger partial charge in [-0.2, -0.15) is 0 Å². The van der Waals surface area contributed by atoms with Crippen LogP contribution in [-0.2, 0) is 12.9 Å². The van der Waals surface area contributed by atoms with Crippen molar-refractivity contribution in [1.82, 2.24) is 0 Å². The predicted octanol–water partition coefficient (Wildman–Crippen LogP) is 24.1. The zero-order valence-electron chi connectivity index (χ0n) is 64.2. The summed E-state index contributed by atoms with van der Waals surface area (Å²) in [7, 11) is -19.8. The molecular weight excluding hydrogens is 1510 g/mol. The van der Waals surface area contributed by atoms with Crippen LogP contribution in [0.25, 0.3) is 0 Å². The van der Waals surface area contributed by atoms with Crippen LogP contribution in [-0.4, -0.2) is 139 Å². The molecule has 0 amide bonds. The van der Waals surface area contributed by atoms with Crippen LogP contribution in [0.3, 0.4) is 0 Å². The number of rotatable bonds is 23. The average Bonchev–Trinajstić information content (AvgIpc) is 3.56. The first-order chi connectivity index (χ1) is 35.7. The van der Waals surface area contributed by atoms with Crippen molar-refractivity contribution in [3.05, 3.63) is 57.6 Å². The van der Waals surface area contributed by atoms with E-state index >= 15 is 0 Å². The van der Waals surface area contributed by atoms with Crippen molar-refractivity contribution in [2.75, 3.05) is 0 Å². The van der Waals surface area contributed by atoms with E-state index in [4.69, 9.17) is 0 Å². The van der Waals surface area contributed by atoms with Crippen molar-refractivity contribution in [3.63, 3.8) is 0 Å². The second-order valence-corrected chi connectivity index (χ2v) is 167. The molecule has 482 valence electrons. The summed E-state index contributed by atoms with van der Waals surface area (Å²) in [6, 6.07) is 13.0. The zero-order valence-corrected chi connectivity index (χ0v) is 86.3. The molecule has 0 unspecified atom stereocenters. The molecule has 83 heavy (non-hydrogen) atoms. The van der Waals surface area contributed by atoms with E-state index in [0.717, 1.165) is 0 Å². The van der Waals surface area contributed by atoms with Gasteiger partial charge in [-0.05, 0) is 0 Å². The summed E-state index contributed by atoms with van der Waals surface area (Å²) in [4.78, 5) is 0. The van der Waals surface area contributed by atoms with Gasteiger partial charge in [-0.1, -0.05) is 0 Å². The summed E-state index contributed by atoms with van der Waals surface area (Å²) < 4.78 is 4.94. The van der Waals surface area contributed by atoms with Crippen molar-refractivity contribution < 1.29 is 0 Å². The van der Waals surface area contributed by atoms with Gasteiger partial charge >= 0.3 is 560 Å². The van der Waals surface area contributed by atoms with Crippen molar-refractivity contribution in [2.45, 2.75) is 323 Å². The predicted molar refractivity (Wildman–Crippen MR) is 452 cm³/mol. The van der Waals surface area contributed by atoms with Gasteiger partial charge in [-0.15, -0.1) is 0 Å². The summed E-state index contributed by atoms with van der Waals surface area (Å²) in [6.07, 6.45) is 0. The number of hydrogen-bond donors (Lipinski definition) is 0. The molecule has 0 spiro atoms. The molecule has 0 aromatic heterocycles. The minimum atomic E-state index is -4.65. The molecule has 3 rings (SSSR count). The fourth-order valence-electron chi connectivity index (χ4n) is 24.6. The minimum absolute atomic E-state index is 0.211. The Hall–Kier alpha value is 4.02. The molecule has 1 aliphatic heterocycles. The van der Waals surface area contributed by atoms with Gasteiger partial charge in [0.1, 0.15) is 0 Å². The van der Waals surface area contributed by atoms with E-state index in [1.165, 1.54) is 0 Å². The Labute approximate surface area is 553 Å². The second kappa shape index (κ2) is 24.6. The molecule has 0 saturated carbocycles. The molecule has 0 aliphatic carbocycles. The summed E-state index contributed by atoms with van der Waals surface area (Å²) >= 11 is -4.65. The van der Waals surface area contributed by atoms with Gasteiger partial charge in [-0.25, -0.2) is 0 Å². The van der Waals surface area contributed by atoms with Gasteiger partial charge in [0, 0.05) is 0 Å². The first-order valence-corrected chi connectivity index (χ1v) is 104. The van der Waals surface area contributed by atoms with Crippen LogP contribution in [0.5, 0.6) is 0 Å². The van der Waals surface area contributed by atoms with Gasteiger partial charge in [-0.3, -0.25) is 0 Å². The molecule has 0 nitrogen and oxygen atoms in total. The van der Waals surface area contributed by atoms with E-state index in [1.807, 2.05) is 22.3 Å². The maximum atomic E-state index is 3.32. The third kappa shape index (κ3) is 14.6. The zero-order chi connectivity index (χ0) is 66.5. The van der Waals surface area contributed by atoms with Gasteiger partial charge in [0.05, 0.1) is 0 Å². The Kier molecular flexibility index (Phi) is 24.1. The van der Waals surface area contributed by atoms with Gasteiger partial charge in [0.25, 0.3) is 0 Å². The Morgan fingerprint density at radius 3 is 0.651 bits per heavy atom.